The molecule has 1 aliphatic heterocycles. The lowest BCUT2D eigenvalue weighted by atomic mass is 10.0. The van der Waals surface area contributed by atoms with Gasteiger partial charge in [-0.25, -0.2) is 4.79 Å². The maximum Gasteiger partial charge on any atom is 0.321 e. The van der Waals surface area contributed by atoms with Gasteiger partial charge >= 0.3 is 6.03 Å². The number of H-pyrrole nitrogens is 1. The predicted octanol–water partition coefficient (Wildman–Crippen LogP) is 5.11. The predicted molar refractivity (Wildman–Crippen MR) is 127 cm³/mol. The first-order chi connectivity index (χ1) is 15.3. The van der Waals surface area contributed by atoms with Crippen molar-refractivity contribution in [1.82, 2.24) is 9.88 Å². The van der Waals surface area contributed by atoms with Crippen LogP contribution in [0.3, 0.4) is 0 Å². The van der Waals surface area contributed by atoms with Gasteiger partial charge in [-0.3, -0.25) is 0 Å². The summed E-state index contributed by atoms with van der Waals surface area (Å²) in [5.41, 5.74) is 5.73. The van der Waals surface area contributed by atoms with E-state index in [0.29, 0.717) is 13.1 Å². The van der Waals surface area contributed by atoms with Crippen molar-refractivity contribution in [3.63, 3.8) is 0 Å². The molecule has 1 aliphatic rings. The number of hydrogen-bond donors (Lipinski definition) is 2. The lowest BCUT2D eigenvalue weighted by molar-refractivity contribution is 0.208. The van der Waals surface area contributed by atoms with Gasteiger partial charge in [0.15, 0.2) is 0 Å². The topological polar surface area (TPSA) is 51.4 Å². The molecule has 31 heavy (non-hydrogen) atoms. The third-order valence-corrected chi connectivity index (χ3v) is 5.94. The fraction of sp³-hybridized carbons (Fsp3) is 0.192. The second-order valence-electron chi connectivity index (χ2n) is 7.98. The van der Waals surface area contributed by atoms with E-state index in [0.717, 1.165) is 30.7 Å². The van der Waals surface area contributed by atoms with Gasteiger partial charge in [0.25, 0.3) is 0 Å². The Morgan fingerprint density at radius 1 is 0.806 bits per heavy atom. The largest absolute Gasteiger partial charge is 0.367 e. The van der Waals surface area contributed by atoms with E-state index in [1.807, 2.05) is 29.3 Å². The Morgan fingerprint density at radius 3 is 2.32 bits per heavy atom. The third kappa shape index (κ3) is 4.26. The van der Waals surface area contributed by atoms with E-state index < -0.39 is 0 Å². The van der Waals surface area contributed by atoms with Gasteiger partial charge in [0, 0.05) is 54.7 Å². The molecular formula is C26H26N4O. The highest BCUT2D eigenvalue weighted by Gasteiger charge is 2.22. The Balaban J connectivity index is 1.17. The van der Waals surface area contributed by atoms with Crippen molar-refractivity contribution in [3.8, 4) is 0 Å². The van der Waals surface area contributed by atoms with Crippen molar-refractivity contribution in [3.05, 3.63) is 96.2 Å². The highest BCUT2D eigenvalue weighted by molar-refractivity contribution is 5.93. The molecule has 3 aromatic carbocycles. The molecule has 0 unspecified atom stereocenters. The minimum Gasteiger partial charge on any atom is -0.367 e. The molecule has 156 valence electrons. The highest BCUT2D eigenvalue weighted by atomic mass is 16.2. The van der Waals surface area contributed by atoms with Crippen molar-refractivity contribution in [2.75, 3.05) is 36.4 Å². The molecule has 1 saturated heterocycles. The van der Waals surface area contributed by atoms with E-state index in [9.17, 15) is 4.79 Å². The average molecular weight is 411 g/mol. The first kappa shape index (κ1) is 19.2. The molecule has 5 heteroatoms. The molecule has 2 heterocycles. The summed E-state index contributed by atoms with van der Waals surface area (Å²) in [5.74, 6) is 0. The zero-order valence-electron chi connectivity index (χ0n) is 17.4. The summed E-state index contributed by atoms with van der Waals surface area (Å²) in [6.45, 7) is 3.07. The minimum atomic E-state index is -0.0321. The van der Waals surface area contributed by atoms with E-state index in [2.05, 4.69) is 75.9 Å². The fourth-order valence-corrected chi connectivity index (χ4v) is 4.24. The summed E-state index contributed by atoms with van der Waals surface area (Å²) >= 11 is 0. The number of fused-ring (bicyclic) bond motifs is 1. The van der Waals surface area contributed by atoms with Crippen LogP contribution in [-0.2, 0) is 6.42 Å². The van der Waals surface area contributed by atoms with Crippen LogP contribution in [0.5, 0.6) is 0 Å². The number of nitrogens with one attached hydrogen (secondary N) is 2. The molecule has 0 spiro atoms. The van der Waals surface area contributed by atoms with Gasteiger partial charge in [-0.2, -0.15) is 0 Å². The quantitative estimate of drug-likeness (QED) is 0.491. The highest BCUT2D eigenvalue weighted by Crippen LogP contribution is 2.27. The van der Waals surface area contributed by atoms with E-state index in [-0.39, 0.29) is 6.03 Å². The van der Waals surface area contributed by atoms with E-state index >= 15 is 0 Å². The van der Waals surface area contributed by atoms with Crippen LogP contribution in [0.15, 0.2) is 85.1 Å². The molecule has 5 rings (SSSR count). The average Bonchev–Trinajstić information content (AvgIpc) is 3.30. The molecule has 0 radical (unpaired) electrons. The number of hydrogen-bond acceptors (Lipinski definition) is 2. The van der Waals surface area contributed by atoms with Crippen LogP contribution < -0.4 is 10.2 Å². The lowest BCUT2D eigenvalue weighted by Gasteiger charge is -2.36. The molecule has 0 atom stereocenters. The van der Waals surface area contributed by atoms with Crippen LogP contribution in [0.1, 0.15) is 11.1 Å². The fourth-order valence-electron chi connectivity index (χ4n) is 4.24. The Labute approximate surface area is 182 Å². The van der Waals surface area contributed by atoms with Crippen LogP contribution in [0, 0.1) is 0 Å². The first-order valence-corrected chi connectivity index (χ1v) is 10.8. The summed E-state index contributed by atoms with van der Waals surface area (Å²) in [7, 11) is 0. The summed E-state index contributed by atoms with van der Waals surface area (Å²) in [6.07, 6.45) is 2.87. The number of anilines is 2. The smallest absolute Gasteiger partial charge is 0.321 e. The molecule has 2 amide bonds. The zero-order valence-corrected chi connectivity index (χ0v) is 17.4. The zero-order chi connectivity index (χ0) is 21.0. The minimum absolute atomic E-state index is 0.0321. The van der Waals surface area contributed by atoms with Crippen molar-refractivity contribution in [1.29, 1.82) is 0 Å². The van der Waals surface area contributed by atoms with Crippen LogP contribution in [-0.4, -0.2) is 42.1 Å². The number of benzene rings is 3. The number of carbonyl (C=O) groups excluding carboxylic acids is 1. The van der Waals surface area contributed by atoms with E-state index in [1.54, 1.807) is 0 Å². The standard InChI is InChI=1S/C26H26N4O/c31-26(28-22-11-9-21(10-12-22)19-20-5-2-1-3-6-20)30-17-15-29(16-18-30)25-8-4-7-24-23(25)13-14-27-24/h1-14,27H,15-19H2,(H,28,31). The number of aromatic amines is 1. The van der Waals surface area contributed by atoms with Crippen LogP contribution in [0.2, 0.25) is 0 Å². The summed E-state index contributed by atoms with van der Waals surface area (Å²) in [4.78, 5) is 20.3. The Morgan fingerprint density at radius 2 is 1.55 bits per heavy atom. The third-order valence-electron chi connectivity index (χ3n) is 5.94. The molecular weight excluding hydrogens is 384 g/mol. The number of carbonyl (C=O) groups is 1. The van der Waals surface area contributed by atoms with Crippen LogP contribution in [0.4, 0.5) is 16.2 Å². The van der Waals surface area contributed by atoms with Crippen molar-refractivity contribution < 1.29 is 4.79 Å². The normalized spacial score (nSPS) is 14.1. The van der Waals surface area contributed by atoms with Crippen LogP contribution in [0.25, 0.3) is 10.9 Å². The molecule has 1 fully saturated rings. The molecule has 5 nitrogen and oxygen atoms in total. The van der Waals surface area contributed by atoms with Gasteiger partial charge in [-0.1, -0.05) is 48.5 Å². The monoisotopic (exact) mass is 410 g/mol. The van der Waals surface area contributed by atoms with Crippen LogP contribution >= 0.6 is 0 Å². The summed E-state index contributed by atoms with van der Waals surface area (Å²) in [6, 6.07) is 26.9. The number of rotatable bonds is 4. The van der Waals surface area contributed by atoms with Gasteiger partial charge in [-0.05, 0) is 47.9 Å². The molecule has 0 bridgehead atoms. The molecule has 4 aromatic rings. The number of amides is 2. The maximum atomic E-state index is 12.7. The van der Waals surface area contributed by atoms with Gasteiger partial charge in [0.2, 0.25) is 0 Å². The molecule has 2 N–H and O–H groups in total. The van der Waals surface area contributed by atoms with Gasteiger partial charge in [0.05, 0.1) is 0 Å². The van der Waals surface area contributed by atoms with Gasteiger partial charge < -0.3 is 20.1 Å². The lowest BCUT2D eigenvalue weighted by Crippen LogP contribution is -2.50. The number of urea groups is 1. The van der Waals surface area contributed by atoms with E-state index in [4.69, 9.17) is 0 Å². The van der Waals surface area contributed by atoms with Gasteiger partial charge in [0.1, 0.15) is 0 Å². The van der Waals surface area contributed by atoms with Crippen molar-refractivity contribution >= 4 is 28.3 Å². The summed E-state index contributed by atoms with van der Waals surface area (Å²) in [5, 5.41) is 4.28. The van der Waals surface area contributed by atoms with Crippen molar-refractivity contribution in [2.24, 2.45) is 0 Å². The number of aromatic nitrogens is 1. The Kier molecular flexibility index (Phi) is 5.31. The Hall–Kier alpha value is -3.73. The van der Waals surface area contributed by atoms with Gasteiger partial charge in [-0.15, -0.1) is 0 Å². The SMILES string of the molecule is O=C(Nc1ccc(Cc2ccccc2)cc1)N1CCN(c2cccc3[nH]ccc23)CC1. The van der Waals surface area contributed by atoms with Crippen molar-refractivity contribution in [2.45, 2.75) is 6.42 Å². The second kappa shape index (κ2) is 8.56. The maximum absolute atomic E-state index is 12.7. The number of nitrogens with zero attached hydrogens (tertiary/aromatic N) is 2. The number of piperazine rings is 1. The Bertz CT molecular complexity index is 1160. The first-order valence-electron chi connectivity index (χ1n) is 10.8. The van der Waals surface area contributed by atoms with E-state index in [1.165, 1.54) is 22.2 Å². The molecule has 1 aromatic heterocycles. The molecule has 0 aliphatic carbocycles. The summed E-state index contributed by atoms with van der Waals surface area (Å²) < 4.78 is 0. The second-order valence-corrected chi connectivity index (χ2v) is 7.98. The molecule has 0 saturated carbocycles.